The number of carbonyl (C=O) groups excluding carboxylic acids is 1. The second kappa shape index (κ2) is 9.32. The van der Waals surface area contributed by atoms with Crippen LogP contribution in [0.3, 0.4) is 0 Å². The molecule has 0 fully saturated rings. The van der Waals surface area contributed by atoms with Crippen molar-refractivity contribution in [2.45, 2.75) is 12.8 Å². The van der Waals surface area contributed by atoms with E-state index in [0.29, 0.717) is 22.8 Å². The molecule has 0 saturated carbocycles. The maximum absolute atomic E-state index is 11.9. The molecule has 4 aromatic rings. The van der Waals surface area contributed by atoms with Gasteiger partial charge >= 0.3 is 0 Å². The molecule has 0 unspecified atom stereocenters. The summed E-state index contributed by atoms with van der Waals surface area (Å²) in [5, 5.41) is 11.3. The van der Waals surface area contributed by atoms with Gasteiger partial charge in [0.15, 0.2) is 5.65 Å². The monoisotopic (exact) mass is 487 g/mol. The number of amides is 1. The van der Waals surface area contributed by atoms with Gasteiger partial charge in [-0.2, -0.15) is 9.61 Å². The fraction of sp³-hybridized carbons (Fsp3) is 0.190. The molecule has 0 aliphatic carbocycles. The topological polar surface area (TPSA) is 84.5 Å². The molecule has 0 saturated heterocycles. The van der Waals surface area contributed by atoms with E-state index in [4.69, 9.17) is 21.0 Å². The molecular formula is C21H19BrClN5O2. The van der Waals surface area contributed by atoms with Crippen molar-refractivity contribution >= 4 is 44.9 Å². The number of fused-ring (bicyclic) bond motifs is 1. The van der Waals surface area contributed by atoms with Gasteiger partial charge in [-0.25, -0.2) is 4.98 Å². The Morgan fingerprint density at radius 1 is 1.20 bits per heavy atom. The number of hydrogen-bond donors (Lipinski definition) is 2. The van der Waals surface area contributed by atoms with E-state index < -0.39 is 0 Å². The molecule has 0 bridgehead atoms. The number of hydrogen-bond acceptors (Lipinski definition) is 5. The Morgan fingerprint density at radius 2 is 2.03 bits per heavy atom. The van der Waals surface area contributed by atoms with Crippen LogP contribution in [0.1, 0.15) is 23.2 Å². The number of carbonyl (C=O) groups is 1. The minimum atomic E-state index is -0.127. The van der Waals surface area contributed by atoms with E-state index in [1.807, 2.05) is 30.3 Å². The number of nitrogens with one attached hydrogen (secondary N) is 2. The number of anilines is 1. The third-order valence-electron chi connectivity index (χ3n) is 4.56. The van der Waals surface area contributed by atoms with Crippen molar-refractivity contribution in [3.63, 3.8) is 0 Å². The van der Waals surface area contributed by atoms with E-state index in [9.17, 15) is 4.79 Å². The lowest BCUT2D eigenvalue weighted by Crippen LogP contribution is -2.24. The average Bonchev–Trinajstić information content (AvgIpc) is 3.41. The van der Waals surface area contributed by atoms with Gasteiger partial charge in [0.1, 0.15) is 12.1 Å². The summed E-state index contributed by atoms with van der Waals surface area (Å²) in [6.45, 7) is 1.32. The zero-order valence-electron chi connectivity index (χ0n) is 15.9. The Hall–Kier alpha value is -2.84. The third-order valence-corrected chi connectivity index (χ3v) is 5.45. The highest BCUT2D eigenvalue weighted by molar-refractivity contribution is 9.10. The molecular weight excluding hydrogens is 470 g/mol. The highest BCUT2D eigenvalue weighted by atomic mass is 79.9. The fourth-order valence-corrected chi connectivity index (χ4v) is 3.61. The first-order valence-electron chi connectivity index (χ1n) is 9.47. The van der Waals surface area contributed by atoms with Crippen LogP contribution in [0.25, 0.3) is 16.9 Å². The summed E-state index contributed by atoms with van der Waals surface area (Å²) >= 11 is 9.87. The summed E-state index contributed by atoms with van der Waals surface area (Å²) in [6.07, 6.45) is 6.35. The van der Waals surface area contributed by atoms with E-state index in [-0.39, 0.29) is 5.91 Å². The van der Waals surface area contributed by atoms with Crippen molar-refractivity contribution in [2.24, 2.45) is 0 Å². The standard InChI is InChI=1S/C21H19BrClN5O2/c22-16-12-26-28-19(11-18(27-20(16)28)15-5-1-2-6-17(15)23)24-8-3-4-9-25-21(29)14-7-10-30-13-14/h1-2,5-7,10-13,24H,3-4,8-9H2,(H,25,29). The van der Waals surface area contributed by atoms with Crippen LogP contribution in [0.15, 0.2) is 64.0 Å². The second-order valence-electron chi connectivity index (χ2n) is 6.64. The lowest BCUT2D eigenvalue weighted by molar-refractivity contribution is 0.0952. The minimum absolute atomic E-state index is 0.127. The molecule has 1 amide bonds. The second-order valence-corrected chi connectivity index (χ2v) is 7.90. The molecule has 0 radical (unpaired) electrons. The van der Waals surface area contributed by atoms with Crippen molar-refractivity contribution in [2.75, 3.05) is 18.4 Å². The van der Waals surface area contributed by atoms with Gasteiger partial charge in [-0.05, 0) is 40.9 Å². The van der Waals surface area contributed by atoms with Crippen LogP contribution in [-0.4, -0.2) is 33.6 Å². The van der Waals surface area contributed by atoms with E-state index in [1.165, 1.54) is 12.5 Å². The number of furan rings is 1. The molecule has 30 heavy (non-hydrogen) atoms. The van der Waals surface area contributed by atoms with Crippen molar-refractivity contribution in [1.82, 2.24) is 19.9 Å². The molecule has 154 valence electrons. The Bertz CT molecular complexity index is 1160. The summed E-state index contributed by atoms with van der Waals surface area (Å²) in [5.41, 5.74) is 2.87. The third kappa shape index (κ3) is 4.49. The van der Waals surface area contributed by atoms with Crippen LogP contribution in [-0.2, 0) is 0 Å². The molecule has 2 N–H and O–H groups in total. The summed E-state index contributed by atoms with van der Waals surface area (Å²) in [7, 11) is 0. The Labute approximate surface area is 186 Å². The van der Waals surface area contributed by atoms with Crippen molar-refractivity contribution in [1.29, 1.82) is 0 Å². The molecule has 1 aromatic carbocycles. The van der Waals surface area contributed by atoms with Crippen LogP contribution in [0.5, 0.6) is 0 Å². The zero-order chi connectivity index (χ0) is 20.9. The van der Waals surface area contributed by atoms with Gasteiger partial charge < -0.3 is 15.1 Å². The first-order valence-corrected chi connectivity index (χ1v) is 10.6. The fourth-order valence-electron chi connectivity index (χ4n) is 3.03. The summed E-state index contributed by atoms with van der Waals surface area (Å²) in [6, 6.07) is 11.2. The van der Waals surface area contributed by atoms with Crippen LogP contribution < -0.4 is 10.6 Å². The quantitative estimate of drug-likeness (QED) is 0.340. The van der Waals surface area contributed by atoms with Gasteiger partial charge in [-0.1, -0.05) is 29.8 Å². The predicted molar refractivity (Wildman–Crippen MR) is 120 cm³/mol. The molecule has 7 nitrogen and oxygen atoms in total. The van der Waals surface area contributed by atoms with Crippen molar-refractivity contribution < 1.29 is 9.21 Å². The minimum Gasteiger partial charge on any atom is -0.472 e. The van der Waals surface area contributed by atoms with Gasteiger partial charge in [0.05, 0.1) is 28.2 Å². The highest BCUT2D eigenvalue weighted by Gasteiger charge is 2.13. The van der Waals surface area contributed by atoms with Crippen molar-refractivity contribution in [3.8, 4) is 11.3 Å². The smallest absolute Gasteiger partial charge is 0.254 e. The molecule has 3 heterocycles. The van der Waals surface area contributed by atoms with Gasteiger partial charge in [0.2, 0.25) is 0 Å². The lowest BCUT2D eigenvalue weighted by atomic mass is 10.1. The maximum atomic E-state index is 11.9. The summed E-state index contributed by atoms with van der Waals surface area (Å²) in [4.78, 5) is 16.6. The lowest BCUT2D eigenvalue weighted by Gasteiger charge is -2.12. The SMILES string of the molecule is O=C(NCCCCNc1cc(-c2ccccc2Cl)nc2c(Br)cnn12)c1ccoc1. The van der Waals surface area contributed by atoms with Gasteiger partial charge in [-0.3, -0.25) is 4.79 Å². The Kier molecular flexibility index (Phi) is 6.35. The summed E-state index contributed by atoms with van der Waals surface area (Å²) < 4.78 is 7.48. The average molecular weight is 489 g/mol. The number of aromatic nitrogens is 3. The van der Waals surface area contributed by atoms with E-state index in [1.54, 1.807) is 16.8 Å². The van der Waals surface area contributed by atoms with Crippen LogP contribution in [0.4, 0.5) is 5.82 Å². The van der Waals surface area contributed by atoms with Crippen LogP contribution in [0.2, 0.25) is 5.02 Å². The highest BCUT2D eigenvalue weighted by Crippen LogP contribution is 2.30. The van der Waals surface area contributed by atoms with E-state index >= 15 is 0 Å². The summed E-state index contributed by atoms with van der Waals surface area (Å²) in [5.74, 6) is 0.696. The van der Waals surface area contributed by atoms with Gasteiger partial charge in [0, 0.05) is 29.7 Å². The molecule has 0 aliphatic rings. The Balaban J connectivity index is 1.40. The number of nitrogens with zero attached hydrogens (tertiary/aromatic N) is 3. The first kappa shape index (κ1) is 20.4. The largest absolute Gasteiger partial charge is 0.472 e. The normalized spacial score (nSPS) is 11.0. The van der Waals surface area contributed by atoms with Crippen LogP contribution in [0, 0.1) is 0 Å². The van der Waals surface area contributed by atoms with E-state index in [2.05, 4.69) is 31.7 Å². The predicted octanol–water partition coefficient (Wildman–Crippen LogP) is 5.03. The van der Waals surface area contributed by atoms with Gasteiger partial charge in [-0.15, -0.1) is 0 Å². The molecule has 0 spiro atoms. The first-order chi connectivity index (χ1) is 14.6. The molecule has 0 atom stereocenters. The molecule has 4 rings (SSSR count). The zero-order valence-corrected chi connectivity index (χ0v) is 18.3. The maximum Gasteiger partial charge on any atom is 0.254 e. The van der Waals surface area contributed by atoms with Crippen LogP contribution >= 0.6 is 27.5 Å². The number of halogens is 2. The number of unbranched alkanes of at least 4 members (excludes halogenated alkanes) is 1. The van der Waals surface area contributed by atoms with E-state index in [0.717, 1.165) is 40.9 Å². The molecule has 3 aromatic heterocycles. The number of benzene rings is 1. The van der Waals surface area contributed by atoms with Crippen molar-refractivity contribution in [3.05, 3.63) is 70.2 Å². The Morgan fingerprint density at radius 3 is 2.83 bits per heavy atom. The molecule has 0 aliphatic heterocycles. The molecule has 9 heteroatoms. The number of rotatable bonds is 8. The van der Waals surface area contributed by atoms with Gasteiger partial charge in [0.25, 0.3) is 5.91 Å².